The number of thiazole rings is 1. The molecule has 0 saturated carbocycles. The topological polar surface area (TPSA) is 260 Å². The summed E-state index contributed by atoms with van der Waals surface area (Å²) >= 11 is 0.905. The van der Waals surface area contributed by atoms with Crippen molar-refractivity contribution in [1.29, 1.82) is 0 Å². The molecule has 0 aliphatic carbocycles. The van der Waals surface area contributed by atoms with Crippen molar-refractivity contribution < 1.29 is 51.4 Å². The Labute approximate surface area is 235 Å². The van der Waals surface area contributed by atoms with Crippen LogP contribution in [0.4, 0.5) is 10.8 Å². The molecule has 1 aliphatic rings. The Morgan fingerprint density at radius 3 is 2.44 bits per heavy atom. The maximum atomic E-state index is 13.1. The lowest BCUT2D eigenvalue weighted by atomic mass is 9.98. The van der Waals surface area contributed by atoms with Gasteiger partial charge in [0.25, 0.3) is 17.5 Å². The highest BCUT2D eigenvalue weighted by molar-refractivity contribution is 7.84. The zero-order valence-electron chi connectivity index (χ0n) is 21.4. The van der Waals surface area contributed by atoms with Crippen molar-refractivity contribution in [2.75, 3.05) is 12.8 Å². The summed E-state index contributed by atoms with van der Waals surface area (Å²) in [6.45, 7) is 2.24. The van der Waals surface area contributed by atoms with Gasteiger partial charge in [-0.2, -0.15) is 12.7 Å². The van der Waals surface area contributed by atoms with Crippen LogP contribution >= 0.6 is 11.3 Å². The molecule has 0 unspecified atom stereocenters. The Hall–Kier alpha value is -4.69. The fraction of sp³-hybridized carbons (Fsp3) is 0.333. The number of nitro groups is 1. The minimum Gasteiger partial charge on any atom is -0.467 e. The summed E-state index contributed by atoms with van der Waals surface area (Å²) in [4.78, 5) is 69.5. The SMILES string of the molecule is COC(=O)[C@@H]1[C@@H](NC(=O)/C(=N\OC(C)(C)C(=O)OCc2ccc([N+](=O)[O-])cc2)c2csc(N)n2)C(=O)N1S(=O)(=O)O. The zero-order chi connectivity index (χ0) is 30.7. The maximum absolute atomic E-state index is 13.1. The van der Waals surface area contributed by atoms with Crippen LogP contribution in [-0.4, -0.2) is 81.4 Å². The third-order valence-electron chi connectivity index (χ3n) is 5.38. The number of β-lactam (4-membered cyclic amide) rings is 1. The smallest absolute Gasteiger partial charge is 0.363 e. The van der Waals surface area contributed by atoms with Crippen LogP contribution in [0.25, 0.3) is 0 Å². The van der Waals surface area contributed by atoms with Gasteiger partial charge in [0.2, 0.25) is 5.60 Å². The number of aromatic nitrogens is 1. The molecule has 41 heavy (non-hydrogen) atoms. The number of nitrogens with two attached hydrogens (primary N) is 1. The van der Waals surface area contributed by atoms with Crippen molar-refractivity contribution in [2.45, 2.75) is 38.1 Å². The van der Waals surface area contributed by atoms with E-state index in [1.165, 1.54) is 43.5 Å². The number of amides is 2. The van der Waals surface area contributed by atoms with Crippen LogP contribution in [0.5, 0.6) is 0 Å². The van der Waals surface area contributed by atoms with E-state index in [0.717, 1.165) is 18.4 Å². The molecule has 3 rings (SSSR count). The number of carbonyl (C=O) groups excluding carboxylic acids is 4. The molecule has 2 aromatic rings. The number of oxime groups is 1. The molecule has 1 fully saturated rings. The molecular weight excluding hydrogens is 592 g/mol. The van der Waals surface area contributed by atoms with Crippen molar-refractivity contribution in [1.82, 2.24) is 14.6 Å². The number of hydrogen-bond acceptors (Lipinski definition) is 15. The van der Waals surface area contributed by atoms with Crippen LogP contribution < -0.4 is 11.1 Å². The lowest BCUT2D eigenvalue weighted by Crippen LogP contribution is -2.74. The van der Waals surface area contributed by atoms with Crippen molar-refractivity contribution in [3.63, 3.8) is 0 Å². The van der Waals surface area contributed by atoms with E-state index in [2.05, 4.69) is 20.2 Å². The van der Waals surface area contributed by atoms with Gasteiger partial charge in [-0.1, -0.05) is 5.16 Å². The summed E-state index contributed by atoms with van der Waals surface area (Å²) < 4.78 is 41.7. The monoisotopic (exact) mass is 614 g/mol. The predicted molar refractivity (Wildman–Crippen MR) is 137 cm³/mol. The summed E-state index contributed by atoms with van der Waals surface area (Å²) in [5, 5.41) is 17.9. The molecule has 4 N–H and O–H groups in total. The summed E-state index contributed by atoms with van der Waals surface area (Å²) in [6.07, 6.45) is 0. The molecule has 2 amide bonds. The molecule has 1 aromatic heterocycles. The molecule has 2 atom stereocenters. The van der Waals surface area contributed by atoms with Crippen LogP contribution in [0.1, 0.15) is 25.1 Å². The number of nitrogens with one attached hydrogen (secondary N) is 1. The minimum atomic E-state index is -5.16. The van der Waals surface area contributed by atoms with Crippen LogP contribution in [-0.2, 0) is 50.4 Å². The second-order valence-electron chi connectivity index (χ2n) is 8.64. The standard InChI is InChI=1S/C21H22N6O12S2/c1-21(2,19(31)38-8-10-4-6-11(7-5-10)27(32)33)39-25-13(12-9-40-20(22)23-12)16(28)24-14-15(18(30)37-3)26(17(14)29)41(34,35)36/h4-7,9,14-15H,8H2,1-3H3,(H2,22,23)(H,24,28)(H,34,35,36)/b25-13-/t14-,15+/m1/s1. The average Bonchev–Trinajstić information content (AvgIpc) is 3.33. The average molecular weight is 615 g/mol. The van der Waals surface area contributed by atoms with Gasteiger partial charge in [-0.15, -0.1) is 11.3 Å². The lowest BCUT2D eigenvalue weighted by Gasteiger charge is -2.41. The van der Waals surface area contributed by atoms with Gasteiger partial charge in [-0.25, -0.2) is 14.6 Å². The van der Waals surface area contributed by atoms with Gasteiger partial charge in [-0.05, 0) is 31.5 Å². The van der Waals surface area contributed by atoms with E-state index in [-0.39, 0.29) is 27.4 Å². The number of ether oxygens (including phenoxy) is 2. The number of methoxy groups -OCH3 is 1. The van der Waals surface area contributed by atoms with Crippen molar-refractivity contribution >= 4 is 61.9 Å². The number of anilines is 1. The molecule has 0 bridgehead atoms. The third-order valence-corrected chi connectivity index (χ3v) is 6.96. The number of non-ortho nitro benzene ring substituents is 1. The Morgan fingerprint density at radius 1 is 1.29 bits per heavy atom. The highest BCUT2D eigenvalue weighted by atomic mass is 32.2. The summed E-state index contributed by atoms with van der Waals surface area (Å²) in [7, 11) is -4.26. The fourth-order valence-electron chi connectivity index (χ4n) is 3.26. The predicted octanol–water partition coefficient (Wildman–Crippen LogP) is -0.452. The first-order valence-electron chi connectivity index (χ1n) is 11.1. The summed E-state index contributed by atoms with van der Waals surface area (Å²) in [5.41, 5.74) is 3.32. The number of nitro benzene ring substituents is 1. The van der Waals surface area contributed by atoms with E-state index >= 15 is 0 Å². The van der Waals surface area contributed by atoms with Gasteiger partial charge >= 0.3 is 22.2 Å². The Balaban J connectivity index is 1.78. The first-order chi connectivity index (χ1) is 19.1. The number of nitrogen functional groups attached to an aromatic ring is 1. The van der Waals surface area contributed by atoms with Gasteiger partial charge < -0.3 is 25.4 Å². The Morgan fingerprint density at radius 2 is 1.93 bits per heavy atom. The van der Waals surface area contributed by atoms with Gasteiger partial charge in [0.15, 0.2) is 16.9 Å². The van der Waals surface area contributed by atoms with E-state index in [0.29, 0.717) is 5.56 Å². The van der Waals surface area contributed by atoms with Crippen molar-refractivity contribution in [2.24, 2.45) is 5.16 Å². The molecule has 1 aliphatic heterocycles. The maximum Gasteiger partial charge on any atom is 0.363 e. The van der Waals surface area contributed by atoms with Gasteiger partial charge in [-0.3, -0.25) is 24.3 Å². The van der Waals surface area contributed by atoms with Crippen LogP contribution in [0, 0.1) is 10.1 Å². The van der Waals surface area contributed by atoms with Crippen molar-refractivity contribution in [3.8, 4) is 0 Å². The third kappa shape index (κ3) is 6.91. The quantitative estimate of drug-likeness (QED) is 0.0723. The van der Waals surface area contributed by atoms with E-state index in [4.69, 9.17) is 15.3 Å². The Kier molecular flexibility index (Phi) is 8.89. The zero-order valence-corrected chi connectivity index (χ0v) is 23.0. The number of nitrogens with zero attached hydrogens (tertiary/aromatic N) is 4. The van der Waals surface area contributed by atoms with E-state index in [1.807, 2.05) is 0 Å². The molecule has 220 valence electrons. The van der Waals surface area contributed by atoms with Crippen LogP contribution in [0.2, 0.25) is 0 Å². The largest absolute Gasteiger partial charge is 0.467 e. The second-order valence-corrected chi connectivity index (χ2v) is 10.8. The number of benzene rings is 1. The summed E-state index contributed by atoms with van der Waals surface area (Å²) in [5.74, 6) is -4.73. The number of carbonyl (C=O) groups is 4. The Bertz CT molecular complexity index is 1520. The summed E-state index contributed by atoms with van der Waals surface area (Å²) in [6, 6.07) is 1.54. The van der Waals surface area contributed by atoms with Gasteiger partial charge in [0.1, 0.15) is 18.3 Å². The molecule has 0 spiro atoms. The number of esters is 2. The highest BCUT2D eigenvalue weighted by Crippen LogP contribution is 2.25. The van der Waals surface area contributed by atoms with E-state index in [1.54, 1.807) is 0 Å². The van der Waals surface area contributed by atoms with E-state index < -0.39 is 62.4 Å². The van der Waals surface area contributed by atoms with Crippen molar-refractivity contribution in [3.05, 3.63) is 51.0 Å². The molecule has 2 heterocycles. The van der Waals surface area contributed by atoms with E-state index in [9.17, 15) is 42.3 Å². The molecule has 0 radical (unpaired) electrons. The first-order valence-corrected chi connectivity index (χ1v) is 13.4. The number of hydrogen-bond donors (Lipinski definition) is 3. The lowest BCUT2D eigenvalue weighted by molar-refractivity contribution is -0.384. The molecule has 18 nitrogen and oxygen atoms in total. The molecule has 1 aromatic carbocycles. The van der Waals surface area contributed by atoms with Gasteiger partial charge in [0, 0.05) is 17.5 Å². The molecule has 1 saturated heterocycles. The molecular formula is C21H22N6O12S2. The second kappa shape index (κ2) is 11.8. The van der Waals surface area contributed by atoms with Crippen LogP contribution in [0.3, 0.4) is 0 Å². The number of rotatable bonds is 11. The minimum absolute atomic E-state index is 0.00646. The highest BCUT2D eigenvalue weighted by Gasteiger charge is 2.58. The van der Waals surface area contributed by atoms with Gasteiger partial charge in [0.05, 0.1) is 12.0 Å². The normalized spacial score (nSPS) is 17.3. The first kappa shape index (κ1) is 30.8. The molecule has 20 heteroatoms. The fourth-order valence-corrected chi connectivity index (χ4v) is 4.64. The van der Waals surface area contributed by atoms with Crippen LogP contribution in [0.15, 0.2) is 34.8 Å².